The first-order chi connectivity index (χ1) is 9.45. The number of carbonyl (C=O) groups excluding carboxylic acids is 1. The molecular weight excluding hydrogens is 252 g/mol. The molecule has 1 aromatic carbocycles. The van der Waals surface area contributed by atoms with Gasteiger partial charge in [-0.1, -0.05) is 26.0 Å². The largest absolute Gasteiger partial charge is 0.481 e. The van der Waals surface area contributed by atoms with Crippen molar-refractivity contribution in [1.29, 1.82) is 0 Å². The minimum atomic E-state index is -0.494. The van der Waals surface area contributed by atoms with Crippen molar-refractivity contribution in [3.05, 3.63) is 29.3 Å². The van der Waals surface area contributed by atoms with Crippen LogP contribution in [0.1, 0.15) is 37.8 Å². The van der Waals surface area contributed by atoms with E-state index in [0.717, 1.165) is 23.4 Å². The highest BCUT2D eigenvalue weighted by Gasteiger charge is 2.17. The van der Waals surface area contributed by atoms with Crippen LogP contribution in [0.5, 0.6) is 5.75 Å². The van der Waals surface area contributed by atoms with Crippen LogP contribution in [0.15, 0.2) is 18.2 Å². The molecule has 0 saturated heterocycles. The molecule has 0 bridgehead atoms. The fourth-order valence-corrected chi connectivity index (χ4v) is 1.92. The van der Waals surface area contributed by atoms with Gasteiger partial charge in [-0.15, -0.1) is 0 Å². The van der Waals surface area contributed by atoms with Crippen molar-refractivity contribution in [2.24, 2.45) is 0 Å². The van der Waals surface area contributed by atoms with Crippen LogP contribution in [-0.2, 0) is 4.79 Å². The third-order valence-electron chi connectivity index (χ3n) is 3.14. The fraction of sp³-hybridized carbons (Fsp3) is 0.562. The van der Waals surface area contributed by atoms with Crippen LogP contribution in [0.2, 0.25) is 0 Å². The molecule has 0 saturated carbocycles. The molecule has 1 atom stereocenters. The molecule has 2 N–H and O–H groups in total. The monoisotopic (exact) mass is 278 g/mol. The summed E-state index contributed by atoms with van der Waals surface area (Å²) in [6, 6.07) is 6.13. The first kappa shape index (κ1) is 16.5. The van der Waals surface area contributed by atoms with Gasteiger partial charge in [0.1, 0.15) is 5.75 Å². The molecule has 0 fully saturated rings. The van der Waals surface area contributed by atoms with E-state index < -0.39 is 6.10 Å². The molecule has 4 heteroatoms. The van der Waals surface area contributed by atoms with E-state index in [-0.39, 0.29) is 5.91 Å². The molecule has 4 nitrogen and oxygen atoms in total. The first-order valence-electron chi connectivity index (χ1n) is 7.15. The van der Waals surface area contributed by atoms with Crippen LogP contribution in [-0.4, -0.2) is 32.1 Å². The van der Waals surface area contributed by atoms with E-state index in [4.69, 9.17) is 4.74 Å². The quantitative estimate of drug-likeness (QED) is 0.752. The lowest BCUT2D eigenvalue weighted by Crippen LogP contribution is -2.39. The van der Waals surface area contributed by atoms with Gasteiger partial charge in [0.15, 0.2) is 6.10 Å². The number of hydrogen-bond acceptors (Lipinski definition) is 3. The van der Waals surface area contributed by atoms with E-state index in [2.05, 4.69) is 36.6 Å². The predicted octanol–water partition coefficient (Wildman–Crippen LogP) is 2.22. The van der Waals surface area contributed by atoms with Gasteiger partial charge < -0.3 is 15.4 Å². The van der Waals surface area contributed by atoms with E-state index in [1.807, 2.05) is 20.0 Å². The zero-order valence-electron chi connectivity index (χ0n) is 13.1. The summed E-state index contributed by atoms with van der Waals surface area (Å²) < 4.78 is 5.85. The van der Waals surface area contributed by atoms with E-state index in [0.29, 0.717) is 12.5 Å². The normalized spacial score (nSPS) is 12.3. The van der Waals surface area contributed by atoms with Crippen LogP contribution in [0, 0.1) is 6.92 Å². The van der Waals surface area contributed by atoms with Gasteiger partial charge in [0.25, 0.3) is 5.91 Å². The Morgan fingerprint density at radius 1 is 1.25 bits per heavy atom. The molecule has 0 aliphatic heterocycles. The lowest BCUT2D eigenvalue weighted by atomic mass is 10.0. The molecule has 20 heavy (non-hydrogen) atoms. The number of nitrogens with one attached hydrogen (secondary N) is 2. The summed E-state index contributed by atoms with van der Waals surface area (Å²) >= 11 is 0. The zero-order chi connectivity index (χ0) is 15.1. The number of hydrogen-bond donors (Lipinski definition) is 2. The summed E-state index contributed by atoms with van der Waals surface area (Å²) in [5.41, 5.74) is 2.26. The molecule has 0 aromatic heterocycles. The topological polar surface area (TPSA) is 50.4 Å². The average molecular weight is 278 g/mol. The maximum Gasteiger partial charge on any atom is 0.260 e. The SMILES string of the molecule is CNCCNC(=O)C(C)Oc1cc(C)ccc1C(C)C. The Hall–Kier alpha value is -1.55. The van der Waals surface area contributed by atoms with Gasteiger partial charge in [0, 0.05) is 13.1 Å². The Morgan fingerprint density at radius 3 is 2.55 bits per heavy atom. The molecule has 1 aromatic rings. The van der Waals surface area contributed by atoms with Gasteiger partial charge in [-0.05, 0) is 44.0 Å². The van der Waals surface area contributed by atoms with Gasteiger partial charge in [0.05, 0.1) is 0 Å². The van der Waals surface area contributed by atoms with Crippen LogP contribution < -0.4 is 15.4 Å². The van der Waals surface area contributed by atoms with E-state index in [1.54, 1.807) is 6.92 Å². The van der Waals surface area contributed by atoms with Crippen molar-refractivity contribution < 1.29 is 9.53 Å². The number of ether oxygens (including phenoxy) is 1. The highest BCUT2D eigenvalue weighted by Crippen LogP contribution is 2.28. The Balaban J connectivity index is 2.71. The predicted molar refractivity (Wildman–Crippen MR) is 82.3 cm³/mol. The maximum atomic E-state index is 11.9. The van der Waals surface area contributed by atoms with Gasteiger partial charge in [0.2, 0.25) is 0 Å². The number of likely N-dealkylation sites (N-methyl/N-ethyl adjacent to an activating group) is 1. The molecule has 1 amide bonds. The van der Waals surface area contributed by atoms with Crippen LogP contribution in [0.4, 0.5) is 0 Å². The number of carbonyl (C=O) groups is 1. The summed E-state index contributed by atoms with van der Waals surface area (Å²) in [6.07, 6.45) is -0.494. The number of rotatable bonds is 7. The maximum absolute atomic E-state index is 11.9. The number of amides is 1. The van der Waals surface area contributed by atoms with E-state index in [9.17, 15) is 4.79 Å². The second-order valence-electron chi connectivity index (χ2n) is 5.35. The third-order valence-corrected chi connectivity index (χ3v) is 3.14. The first-order valence-corrected chi connectivity index (χ1v) is 7.15. The highest BCUT2D eigenvalue weighted by molar-refractivity contribution is 5.80. The second-order valence-corrected chi connectivity index (χ2v) is 5.35. The number of benzene rings is 1. The Morgan fingerprint density at radius 2 is 1.95 bits per heavy atom. The number of aryl methyl sites for hydroxylation is 1. The molecule has 112 valence electrons. The smallest absolute Gasteiger partial charge is 0.260 e. The third kappa shape index (κ3) is 4.85. The molecular formula is C16H26N2O2. The van der Waals surface area contributed by atoms with Gasteiger partial charge in [-0.25, -0.2) is 0 Å². The van der Waals surface area contributed by atoms with E-state index in [1.165, 1.54) is 0 Å². The van der Waals surface area contributed by atoms with Crippen molar-refractivity contribution in [2.75, 3.05) is 20.1 Å². The average Bonchev–Trinajstić information content (AvgIpc) is 2.38. The fourth-order valence-electron chi connectivity index (χ4n) is 1.92. The highest BCUT2D eigenvalue weighted by atomic mass is 16.5. The lowest BCUT2D eigenvalue weighted by molar-refractivity contribution is -0.127. The molecule has 1 rings (SSSR count). The van der Waals surface area contributed by atoms with Crippen LogP contribution in [0.25, 0.3) is 0 Å². The summed E-state index contributed by atoms with van der Waals surface area (Å²) in [5, 5.41) is 5.83. The van der Waals surface area contributed by atoms with Gasteiger partial charge >= 0.3 is 0 Å². The second kappa shape index (κ2) is 7.90. The molecule has 0 spiro atoms. The van der Waals surface area contributed by atoms with Crippen molar-refractivity contribution in [2.45, 2.75) is 39.7 Å². The van der Waals surface area contributed by atoms with Crippen molar-refractivity contribution in [3.63, 3.8) is 0 Å². The zero-order valence-corrected chi connectivity index (χ0v) is 13.1. The molecule has 1 unspecified atom stereocenters. The Bertz CT molecular complexity index is 444. The van der Waals surface area contributed by atoms with Gasteiger partial charge in [-0.3, -0.25) is 4.79 Å². The van der Waals surface area contributed by atoms with Crippen molar-refractivity contribution >= 4 is 5.91 Å². The molecule has 0 aliphatic rings. The van der Waals surface area contributed by atoms with Gasteiger partial charge in [-0.2, -0.15) is 0 Å². The minimum Gasteiger partial charge on any atom is -0.481 e. The summed E-state index contributed by atoms with van der Waals surface area (Å²) in [5.74, 6) is 1.08. The lowest BCUT2D eigenvalue weighted by Gasteiger charge is -2.19. The summed E-state index contributed by atoms with van der Waals surface area (Å²) in [7, 11) is 1.85. The molecule has 0 heterocycles. The summed E-state index contributed by atoms with van der Waals surface area (Å²) in [4.78, 5) is 11.9. The Kier molecular flexibility index (Phi) is 6.52. The molecule has 0 aliphatic carbocycles. The Labute approximate surface area is 121 Å². The summed E-state index contributed by atoms with van der Waals surface area (Å²) in [6.45, 7) is 9.40. The minimum absolute atomic E-state index is 0.0866. The van der Waals surface area contributed by atoms with Crippen molar-refractivity contribution in [1.82, 2.24) is 10.6 Å². The van der Waals surface area contributed by atoms with Crippen molar-refractivity contribution in [3.8, 4) is 5.75 Å². The van der Waals surface area contributed by atoms with E-state index >= 15 is 0 Å². The molecule has 0 radical (unpaired) electrons. The van der Waals surface area contributed by atoms with Crippen LogP contribution >= 0.6 is 0 Å². The van der Waals surface area contributed by atoms with Crippen LogP contribution in [0.3, 0.4) is 0 Å². The standard InChI is InChI=1S/C16H26N2O2/c1-11(2)14-7-6-12(3)10-15(14)20-13(4)16(19)18-9-8-17-5/h6-7,10-11,13,17H,8-9H2,1-5H3,(H,18,19).